The number of para-hydroxylation sites is 1. The van der Waals surface area contributed by atoms with E-state index in [1.165, 1.54) is 0 Å². The molecule has 1 aromatic carbocycles. The summed E-state index contributed by atoms with van der Waals surface area (Å²) in [6.07, 6.45) is 0.626. The average molecular weight is 262 g/mol. The van der Waals surface area contributed by atoms with Gasteiger partial charge in [-0.2, -0.15) is 0 Å². The maximum Gasteiger partial charge on any atom is 0.332 e. The van der Waals surface area contributed by atoms with Crippen LogP contribution in [0.3, 0.4) is 0 Å². The second-order valence-corrected chi connectivity index (χ2v) is 4.24. The van der Waals surface area contributed by atoms with Gasteiger partial charge in [0.25, 0.3) is 5.56 Å². The number of hydrogen-bond donors (Lipinski definition) is 1. The average Bonchev–Trinajstić information content (AvgIpc) is 2.39. The van der Waals surface area contributed by atoms with Crippen molar-refractivity contribution in [2.24, 2.45) is 0 Å². The van der Waals surface area contributed by atoms with Gasteiger partial charge in [0, 0.05) is 6.54 Å². The SMILES string of the molecule is CCCn1c(=O)c2ccccc2n(CC(=O)O)c1=O. The molecule has 100 valence electrons. The molecule has 0 bridgehead atoms. The van der Waals surface area contributed by atoms with E-state index in [0.717, 1.165) is 9.13 Å². The van der Waals surface area contributed by atoms with Gasteiger partial charge in [-0.05, 0) is 18.6 Å². The van der Waals surface area contributed by atoms with Crippen LogP contribution in [0, 0.1) is 0 Å². The number of hydrogen-bond acceptors (Lipinski definition) is 3. The summed E-state index contributed by atoms with van der Waals surface area (Å²) >= 11 is 0. The fourth-order valence-corrected chi connectivity index (χ4v) is 2.08. The monoisotopic (exact) mass is 262 g/mol. The van der Waals surface area contributed by atoms with Gasteiger partial charge in [0.2, 0.25) is 0 Å². The van der Waals surface area contributed by atoms with E-state index in [-0.39, 0.29) is 12.1 Å². The molecule has 19 heavy (non-hydrogen) atoms. The molecule has 0 amide bonds. The Morgan fingerprint density at radius 3 is 2.53 bits per heavy atom. The van der Waals surface area contributed by atoms with E-state index in [1.807, 2.05) is 6.92 Å². The van der Waals surface area contributed by atoms with Crippen molar-refractivity contribution in [3.63, 3.8) is 0 Å². The normalized spacial score (nSPS) is 10.8. The molecular weight excluding hydrogens is 248 g/mol. The smallest absolute Gasteiger partial charge is 0.332 e. The van der Waals surface area contributed by atoms with Gasteiger partial charge in [-0.15, -0.1) is 0 Å². The van der Waals surface area contributed by atoms with Crippen LogP contribution in [0.2, 0.25) is 0 Å². The molecule has 1 heterocycles. The molecule has 0 aliphatic carbocycles. The van der Waals surface area contributed by atoms with Crippen molar-refractivity contribution in [3.8, 4) is 0 Å². The highest BCUT2D eigenvalue weighted by Crippen LogP contribution is 2.07. The van der Waals surface area contributed by atoms with Crippen LogP contribution in [-0.2, 0) is 17.9 Å². The Hall–Kier alpha value is -2.37. The Labute approximate surface area is 108 Å². The summed E-state index contributed by atoms with van der Waals surface area (Å²) in [5, 5.41) is 9.25. The third-order valence-corrected chi connectivity index (χ3v) is 2.87. The first-order valence-electron chi connectivity index (χ1n) is 6.00. The molecular formula is C13H14N2O4. The molecule has 0 atom stereocenters. The minimum atomic E-state index is -1.12. The van der Waals surface area contributed by atoms with E-state index in [4.69, 9.17) is 5.11 Å². The molecule has 0 unspecified atom stereocenters. The summed E-state index contributed by atoms with van der Waals surface area (Å²) < 4.78 is 2.21. The summed E-state index contributed by atoms with van der Waals surface area (Å²) in [4.78, 5) is 35.2. The van der Waals surface area contributed by atoms with Gasteiger partial charge in [0.1, 0.15) is 6.54 Å². The minimum Gasteiger partial charge on any atom is -0.480 e. The Morgan fingerprint density at radius 2 is 1.89 bits per heavy atom. The van der Waals surface area contributed by atoms with Crippen molar-refractivity contribution >= 4 is 16.9 Å². The molecule has 6 nitrogen and oxygen atoms in total. The molecule has 0 aliphatic rings. The van der Waals surface area contributed by atoms with Crippen molar-refractivity contribution in [3.05, 3.63) is 45.1 Å². The second kappa shape index (κ2) is 5.09. The van der Waals surface area contributed by atoms with Gasteiger partial charge in [-0.3, -0.25) is 18.7 Å². The van der Waals surface area contributed by atoms with Gasteiger partial charge in [0.15, 0.2) is 0 Å². The first-order valence-corrected chi connectivity index (χ1v) is 6.00. The number of fused-ring (bicyclic) bond motifs is 1. The maximum absolute atomic E-state index is 12.2. The van der Waals surface area contributed by atoms with Gasteiger partial charge in [0.05, 0.1) is 10.9 Å². The highest BCUT2D eigenvalue weighted by Gasteiger charge is 2.13. The molecule has 0 saturated carbocycles. The van der Waals surface area contributed by atoms with Gasteiger partial charge >= 0.3 is 11.7 Å². The topological polar surface area (TPSA) is 81.3 Å². The van der Waals surface area contributed by atoms with Crippen molar-refractivity contribution < 1.29 is 9.90 Å². The predicted octanol–water partition coefficient (Wildman–Crippen LogP) is 0.658. The van der Waals surface area contributed by atoms with Gasteiger partial charge in [-0.25, -0.2) is 4.79 Å². The lowest BCUT2D eigenvalue weighted by atomic mass is 10.2. The summed E-state index contributed by atoms with van der Waals surface area (Å²) in [6, 6.07) is 6.54. The molecule has 0 aliphatic heterocycles. The first-order chi connectivity index (χ1) is 9.06. The number of benzene rings is 1. The highest BCUT2D eigenvalue weighted by atomic mass is 16.4. The number of aromatic nitrogens is 2. The Morgan fingerprint density at radius 1 is 1.21 bits per heavy atom. The van der Waals surface area contributed by atoms with Crippen molar-refractivity contribution in [2.75, 3.05) is 0 Å². The highest BCUT2D eigenvalue weighted by molar-refractivity contribution is 5.79. The molecule has 1 N–H and O–H groups in total. The van der Waals surface area contributed by atoms with Crippen LogP contribution in [0.1, 0.15) is 13.3 Å². The molecule has 6 heteroatoms. The van der Waals surface area contributed by atoms with Gasteiger partial charge < -0.3 is 5.11 Å². The summed E-state index contributed by atoms with van der Waals surface area (Å²) in [7, 11) is 0. The Bertz CT molecular complexity index is 742. The molecule has 2 aromatic rings. The quantitative estimate of drug-likeness (QED) is 0.877. The molecule has 0 fully saturated rings. The fourth-order valence-electron chi connectivity index (χ4n) is 2.08. The predicted molar refractivity (Wildman–Crippen MR) is 70.4 cm³/mol. The lowest BCUT2D eigenvalue weighted by Gasteiger charge is -2.11. The van der Waals surface area contributed by atoms with Crippen LogP contribution in [0.15, 0.2) is 33.9 Å². The van der Waals surface area contributed by atoms with E-state index in [2.05, 4.69) is 0 Å². The first kappa shape index (κ1) is 13.1. The third kappa shape index (κ3) is 2.29. The molecule has 1 aromatic heterocycles. The number of nitrogens with zero attached hydrogens (tertiary/aromatic N) is 2. The van der Waals surface area contributed by atoms with Crippen LogP contribution in [0.5, 0.6) is 0 Å². The van der Waals surface area contributed by atoms with Crippen LogP contribution < -0.4 is 11.2 Å². The molecule has 0 spiro atoms. The maximum atomic E-state index is 12.2. The van der Waals surface area contributed by atoms with Crippen molar-refractivity contribution in [1.82, 2.24) is 9.13 Å². The molecule has 0 saturated heterocycles. The minimum absolute atomic E-state index is 0.280. The largest absolute Gasteiger partial charge is 0.480 e. The van der Waals surface area contributed by atoms with Crippen LogP contribution in [0.25, 0.3) is 10.9 Å². The van der Waals surface area contributed by atoms with Gasteiger partial charge in [-0.1, -0.05) is 19.1 Å². The van der Waals surface area contributed by atoms with E-state index >= 15 is 0 Å². The second-order valence-electron chi connectivity index (χ2n) is 4.24. The zero-order valence-electron chi connectivity index (χ0n) is 10.5. The zero-order valence-corrected chi connectivity index (χ0v) is 10.5. The van der Waals surface area contributed by atoms with Crippen LogP contribution in [-0.4, -0.2) is 20.2 Å². The van der Waals surface area contributed by atoms with Crippen LogP contribution in [0.4, 0.5) is 0 Å². The lowest BCUT2D eigenvalue weighted by molar-refractivity contribution is -0.137. The fraction of sp³-hybridized carbons (Fsp3) is 0.308. The molecule has 2 rings (SSSR count). The standard InChI is InChI=1S/C13H14N2O4/c1-2-7-14-12(18)9-5-3-4-6-10(9)15(13(14)19)8-11(16)17/h3-6H,2,7-8H2,1H3,(H,16,17). The number of aliphatic carboxylic acids is 1. The third-order valence-electron chi connectivity index (χ3n) is 2.87. The van der Waals surface area contributed by atoms with E-state index < -0.39 is 18.2 Å². The Kier molecular flexibility index (Phi) is 3.50. The van der Waals surface area contributed by atoms with E-state index in [9.17, 15) is 14.4 Å². The number of carboxylic acid groups (broad SMARTS) is 1. The van der Waals surface area contributed by atoms with E-state index in [1.54, 1.807) is 24.3 Å². The number of carbonyl (C=O) groups is 1. The summed E-state index contributed by atoms with van der Waals surface area (Å²) in [5.41, 5.74) is -0.593. The van der Waals surface area contributed by atoms with Crippen LogP contribution >= 0.6 is 0 Å². The number of carboxylic acids is 1. The number of rotatable bonds is 4. The Balaban J connectivity index is 2.88. The lowest BCUT2D eigenvalue weighted by Crippen LogP contribution is -2.41. The van der Waals surface area contributed by atoms with Crippen molar-refractivity contribution in [1.29, 1.82) is 0 Å². The van der Waals surface area contributed by atoms with Crippen molar-refractivity contribution in [2.45, 2.75) is 26.4 Å². The van der Waals surface area contributed by atoms with E-state index in [0.29, 0.717) is 17.3 Å². The summed E-state index contributed by atoms with van der Waals surface area (Å²) in [5.74, 6) is -1.12. The summed E-state index contributed by atoms with van der Waals surface area (Å²) in [6.45, 7) is 1.67. The zero-order chi connectivity index (χ0) is 14.0. The molecule has 0 radical (unpaired) electrons.